The van der Waals surface area contributed by atoms with Gasteiger partial charge in [-0.15, -0.1) is 0 Å². The summed E-state index contributed by atoms with van der Waals surface area (Å²) in [6.45, 7) is 7.69. The molecule has 0 spiro atoms. The number of amides is 2. The third-order valence-electron chi connectivity index (χ3n) is 8.69. The summed E-state index contributed by atoms with van der Waals surface area (Å²) in [7, 11) is 1.99. The third kappa shape index (κ3) is 10.6. The molecule has 1 aliphatic rings. The van der Waals surface area contributed by atoms with E-state index in [-0.39, 0.29) is 48.5 Å². The van der Waals surface area contributed by atoms with Crippen LogP contribution < -0.4 is 10.1 Å². The maximum Gasteiger partial charge on any atom is 0.335 e. The Hall–Kier alpha value is -4.25. The number of likely N-dealkylation sites (N-methyl/N-ethyl adjacent to an activating group) is 1. The largest absolute Gasteiger partial charge is 0.490 e. The Morgan fingerprint density at radius 3 is 2.44 bits per heavy atom. The van der Waals surface area contributed by atoms with Crippen LogP contribution in [-0.4, -0.2) is 89.4 Å². The van der Waals surface area contributed by atoms with Crippen molar-refractivity contribution in [3.8, 4) is 5.75 Å². The molecule has 0 bridgehead atoms. The van der Waals surface area contributed by atoms with Gasteiger partial charge in [0.2, 0.25) is 5.91 Å². The van der Waals surface area contributed by atoms with Crippen molar-refractivity contribution in [3.63, 3.8) is 0 Å². The summed E-state index contributed by atoms with van der Waals surface area (Å²) >= 11 is 0. The van der Waals surface area contributed by atoms with E-state index in [1.807, 2.05) is 63.4 Å². The van der Waals surface area contributed by atoms with E-state index in [9.17, 15) is 24.6 Å². The quantitative estimate of drug-likeness (QED) is 0.261. The number of nitrogens with one attached hydrogen (secondary N) is 1. The first-order valence-electron chi connectivity index (χ1n) is 16.7. The monoisotopic (exact) mass is 659 g/mol. The summed E-state index contributed by atoms with van der Waals surface area (Å²) in [5.74, 6) is -1.11. The van der Waals surface area contributed by atoms with Gasteiger partial charge in [-0.05, 0) is 81.6 Å². The number of aliphatic hydroxyl groups is 1. The van der Waals surface area contributed by atoms with Crippen molar-refractivity contribution < 1.29 is 34.1 Å². The number of carboxylic acid groups (broad SMARTS) is 1. The molecule has 0 unspecified atom stereocenters. The highest BCUT2D eigenvalue weighted by atomic mass is 16.5. The van der Waals surface area contributed by atoms with Gasteiger partial charge in [0.1, 0.15) is 5.75 Å². The average Bonchev–Trinajstić information content (AvgIpc) is 3.06. The van der Waals surface area contributed by atoms with Crippen molar-refractivity contribution in [2.24, 2.45) is 5.92 Å². The Kier molecular flexibility index (Phi) is 13.5. The number of fused-ring (bicyclic) bond motifs is 1. The van der Waals surface area contributed by atoms with E-state index < -0.39 is 12.0 Å². The molecule has 0 saturated carbocycles. The van der Waals surface area contributed by atoms with Crippen molar-refractivity contribution in [1.82, 2.24) is 9.80 Å². The van der Waals surface area contributed by atoms with E-state index in [0.717, 1.165) is 30.4 Å². The van der Waals surface area contributed by atoms with Gasteiger partial charge in [0.25, 0.3) is 5.91 Å². The lowest BCUT2D eigenvalue weighted by molar-refractivity contribution is -0.115. The highest BCUT2D eigenvalue weighted by Crippen LogP contribution is 2.29. The van der Waals surface area contributed by atoms with Gasteiger partial charge in [-0.2, -0.15) is 0 Å². The van der Waals surface area contributed by atoms with E-state index in [1.165, 1.54) is 0 Å². The molecule has 10 heteroatoms. The van der Waals surface area contributed by atoms with E-state index in [1.54, 1.807) is 35.2 Å². The molecule has 258 valence electrons. The molecule has 4 atom stereocenters. The number of hydrogen-bond donors (Lipinski definition) is 3. The number of aromatic carboxylic acids is 1. The highest BCUT2D eigenvalue weighted by Gasteiger charge is 2.30. The maximum absolute atomic E-state index is 14.4. The zero-order chi connectivity index (χ0) is 34.6. The topological polar surface area (TPSA) is 129 Å². The first-order valence-corrected chi connectivity index (χ1v) is 16.7. The molecule has 0 saturated heterocycles. The van der Waals surface area contributed by atoms with Gasteiger partial charge in [-0.3, -0.25) is 14.5 Å². The molecule has 0 aliphatic carbocycles. The number of carboxylic acids is 1. The van der Waals surface area contributed by atoms with Crippen LogP contribution in [0, 0.1) is 5.92 Å². The third-order valence-corrected chi connectivity index (χ3v) is 8.69. The Balaban J connectivity index is 1.57. The zero-order valence-electron chi connectivity index (χ0n) is 28.4. The number of benzene rings is 3. The van der Waals surface area contributed by atoms with Gasteiger partial charge in [-0.1, -0.05) is 49.4 Å². The molecule has 3 aromatic rings. The second-order valence-corrected chi connectivity index (χ2v) is 12.9. The summed E-state index contributed by atoms with van der Waals surface area (Å²) in [6.07, 6.45) is 2.35. The van der Waals surface area contributed by atoms with Crippen molar-refractivity contribution in [2.45, 2.75) is 71.2 Å². The molecule has 3 N–H and O–H groups in total. The van der Waals surface area contributed by atoms with Crippen LogP contribution in [0.1, 0.15) is 71.9 Å². The molecule has 1 aliphatic heterocycles. The normalized spacial score (nSPS) is 19.9. The SMILES string of the molecule is C[C@@H]1CN([C@@H](C)CO)C(=O)c2cc(NC(=O)Cc3ccccc3)ccc2O[C@@H](C)CCCCO[C@@H]1CN(C)Cc1ccc(C(=O)O)cc1. The Labute approximate surface area is 283 Å². The average molecular weight is 660 g/mol. The highest BCUT2D eigenvalue weighted by molar-refractivity contribution is 6.00. The van der Waals surface area contributed by atoms with Crippen LogP contribution >= 0.6 is 0 Å². The molecular weight excluding hydrogens is 610 g/mol. The molecule has 2 amide bonds. The van der Waals surface area contributed by atoms with Crippen LogP contribution in [0.5, 0.6) is 5.75 Å². The van der Waals surface area contributed by atoms with Crippen molar-refractivity contribution >= 4 is 23.5 Å². The van der Waals surface area contributed by atoms with Gasteiger partial charge in [-0.25, -0.2) is 4.79 Å². The fourth-order valence-corrected chi connectivity index (χ4v) is 5.89. The second-order valence-electron chi connectivity index (χ2n) is 12.9. The molecule has 1 heterocycles. The van der Waals surface area contributed by atoms with Gasteiger partial charge in [0.05, 0.1) is 42.4 Å². The predicted molar refractivity (Wildman–Crippen MR) is 185 cm³/mol. The van der Waals surface area contributed by atoms with E-state index in [0.29, 0.717) is 43.2 Å². The van der Waals surface area contributed by atoms with Crippen molar-refractivity contribution in [1.29, 1.82) is 0 Å². The van der Waals surface area contributed by atoms with Gasteiger partial charge in [0.15, 0.2) is 0 Å². The van der Waals surface area contributed by atoms with Crippen LogP contribution in [0.25, 0.3) is 0 Å². The molecule has 0 radical (unpaired) electrons. The standard InChI is InChI=1S/C38H49N3O7/c1-26-22-41(27(2)25-42)37(44)33-21-32(39-36(43)20-29-11-6-5-7-12-29)17-18-34(33)48-28(3)10-8-9-19-47-35(26)24-40(4)23-30-13-15-31(16-14-30)38(45)46/h5-7,11-18,21,26-28,35,42H,8-10,19-20,22-25H2,1-4H3,(H,39,43)(H,45,46)/t26-,27+,28+,35-/m1/s1. The fraction of sp³-hybridized carbons (Fsp3) is 0.447. The summed E-state index contributed by atoms with van der Waals surface area (Å²) < 4.78 is 12.8. The second kappa shape index (κ2) is 17.8. The lowest BCUT2D eigenvalue weighted by Gasteiger charge is -2.36. The number of carbonyl (C=O) groups is 3. The summed E-state index contributed by atoms with van der Waals surface area (Å²) in [4.78, 5) is 42.3. The van der Waals surface area contributed by atoms with E-state index in [2.05, 4.69) is 17.1 Å². The lowest BCUT2D eigenvalue weighted by atomic mass is 10.0. The number of hydrogen-bond acceptors (Lipinski definition) is 7. The fourth-order valence-electron chi connectivity index (χ4n) is 5.89. The molecule has 0 aromatic heterocycles. The minimum atomic E-state index is -0.958. The maximum atomic E-state index is 14.4. The Morgan fingerprint density at radius 1 is 1.02 bits per heavy atom. The first-order chi connectivity index (χ1) is 23.0. The minimum absolute atomic E-state index is 0.0974. The minimum Gasteiger partial charge on any atom is -0.490 e. The molecule has 10 nitrogen and oxygen atoms in total. The summed E-state index contributed by atoms with van der Waals surface area (Å²) in [5, 5.41) is 22.4. The number of nitrogens with zero attached hydrogens (tertiary/aromatic N) is 2. The van der Waals surface area contributed by atoms with Crippen LogP contribution in [0.2, 0.25) is 0 Å². The van der Waals surface area contributed by atoms with E-state index in [4.69, 9.17) is 9.47 Å². The Bertz CT molecular complexity index is 1500. The molecule has 4 rings (SSSR count). The van der Waals surface area contributed by atoms with E-state index >= 15 is 0 Å². The lowest BCUT2D eigenvalue weighted by Crippen LogP contribution is -2.47. The van der Waals surface area contributed by atoms with Crippen molar-refractivity contribution in [2.75, 3.05) is 38.7 Å². The number of anilines is 1. The van der Waals surface area contributed by atoms with Gasteiger partial charge in [0, 0.05) is 37.8 Å². The number of rotatable bonds is 10. The van der Waals surface area contributed by atoms with Gasteiger partial charge >= 0.3 is 5.97 Å². The summed E-state index contributed by atoms with van der Waals surface area (Å²) in [5.41, 5.74) is 2.93. The first kappa shape index (κ1) is 36.6. The number of ether oxygens (including phenoxy) is 2. The summed E-state index contributed by atoms with van der Waals surface area (Å²) in [6, 6.07) is 21.0. The van der Waals surface area contributed by atoms with Crippen molar-refractivity contribution in [3.05, 3.63) is 95.1 Å². The molecular formula is C38H49N3O7. The number of carbonyl (C=O) groups excluding carboxylic acids is 2. The number of aliphatic hydroxyl groups excluding tert-OH is 1. The smallest absolute Gasteiger partial charge is 0.335 e. The van der Waals surface area contributed by atoms with Gasteiger partial charge < -0.3 is 29.9 Å². The zero-order valence-corrected chi connectivity index (χ0v) is 28.4. The molecule has 3 aromatic carbocycles. The van der Waals surface area contributed by atoms with Crippen LogP contribution in [0.4, 0.5) is 5.69 Å². The van der Waals surface area contributed by atoms with Crippen LogP contribution in [0.3, 0.4) is 0 Å². The molecule has 0 fully saturated rings. The van der Waals surface area contributed by atoms with Crippen LogP contribution in [0.15, 0.2) is 72.8 Å². The molecule has 48 heavy (non-hydrogen) atoms. The van der Waals surface area contributed by atoms with Crippen LogP contribution in [-0.2, 0) is 22.5 Å². The Morgan fingerprint density at radius 2 is 1.75 bits per heavy atom. The predicted octanol–water partition coefficient (Wildman–Crippen LogP) is 5.49.